The number of hydrogen-bond donors (Lipinski definition) is 0. The highest BCUT2D eigenvalue weighted by atomic mass is 15.2. The summed E-state index contributed by atoms with van der Waals surface area (Å²) < 4.78 is 2.14. The van der Waals surface area contributed by atoms with Crippen LogP contribution in [0.3, 0.4) is 0 Å². The highest BCUT2D eigenvalue weighted by molar-refractivity contribution is 6.25. The van der Waals surface area contributed by atoms with E-state index < -0.39 is 0 Å². The van der Waals surface area contributed by atoms with Crippen LogP contribution in [0.4, 0.5) is 0 Å². The third-order valence-corrected chi connectivity index (χ3v) is 12.0. The van der Waals surface area contributed by atoms with Crippen LogP contribution in [0.15, 0.2) is 218 Å². The summed E-state index contributed by atoms with van der Waals surface area (Å²) in [6.07, 6.45) is 0. The summed E-state index contributed by atoms with van der Waals surface area (Å²) >= 11 is 0. The van der Waals surface area contributed by atoms with Gasteiger partial charge in [-0.25, -0.2) is 14.5 Å². The molecule has 4 heteroatoms. The van der Waals surface area contributed by atoms with Gasteiger partial charge < -0.3 is 0 Å². The van der Waals surface area contributed by atoms with Gasteiger partial charge >= 0.3 is 0 Å². The van der Waals surface area contributed by atoms with Gasteiger partial charge in [0.05, 0.1) is 22.6 Å². The summed E-state index contributed by atoms with van der Waals surface area (Å²) in [5, 5.41) is 15.2. The van der Waals surface area contributed by atoms with Crippen LogP contribution in [0.2, 0.25) is 0 Å². The van der Waals surface area contributed by atoms with Crippen molar-refractivity contribution in [3.63, 3.8) is 0 Å². The Labute approximate surface area is 352 Å². The lowest BCUT2D eigenvalue weighted by atomic mass is 9.93. The number of benzene rings is 9. The first-order chi connectivity index (χ1) is 30.2. The second-order valence-electron chi connectivity index (χ2n) is 15.6. The van der Waals surface area contributed by atoms with E-state index in [1.807, 2.05) is 6.07 Å². The molecule has 0 bridgehead atoms. The molecule has 12 rings (SSSR count). The summed E-state index contributed by atoms with van der Waals surface area (Å²) in [5.41, 5.74) is 12.0. The standard InChI is InChI=1S/C57H36N4/c1-4-17-37(18-5-1)51-36-52(59-57(58-51)43-31-32-49-47-29-13-12-27-45(47)46-28-14-15-30-48(46)50(49)34-43)41-24-16-25-42(33-41)55-54(39-21-8-3-9-22-39)56-44-26-11-10-23-40(44)35-53(61(56)60-55)38-19-6-2-7-20-38/h1-36H. The molecule has 3 heterocycles. The Balaban J connectivity index is 1.08. The average molecular weight is 777 g/mol. The molecular formula is C57H36N4. The maximum atomic E-state index is 5.51. The first kappa shape index (κ1) is 34.8. The van der Waals surface area contributed by atoms with Crippen molar-refractivity contribution < 1.29 is 0 Å². The second kappa shape index (κ2) is 14.3. The van der Waals surface area contributed by atoms with Crippen molar-refractivity contribution >= 4 is 48.6 Å². The third kappa shape index (κ3) is 5.88. The Morgan fingerprint density at radius 2 is 0.820 bits per heavy atom. The van der Waals surface area contributed by atoms with Crippen molar-refractivity contribution in [1.29, 1.82) is 0 Å². The lowest BCUT2D eigenvalue weighted by Gasteiger charge is -2.13. The highest BCUT2D eigenvalue weighted by Crippen LogP contribution is 2.42. The molecule has 0 fully saturated rings. The molecule has 4 nitrogen and oxygen atoms in total. The number of fused-ring (bicyclic) bond motifs is 9. The predicted molar refractivity (Wildman–Crippen MR) is 253 cm³/mol. The van der Waals surface area contributed by atoms with Crippen LogP contribution in [0.1, 0.15) is 0 Å². The van der Waals surface area contributed by atoms with Crippen molar-refractivity contribution in [2.45, 2.75) is 0 Å². The Bertz CT molecular complexity index is 3600. The van der Waals surface area contributed by atoms with E-state index in [9.17, 15) is 0 Å². The zero-order chi connectivity index (χ0) is 40.3. The smallest absolute Gasteiger partial charge is 0.160 e. The van der Waals surface area contributed by atoms with Gasteiger partial charge in [0.15, 0.2) is 5.82 Å². The summed E-state index contributed by atoms with van der Waals surface area (Å²) in [6.45, 7) is 0. The quantitative estimate of drug-likeness (QED) is 0.158. The first-order valence-electron chi connectivity index (χ1n) is 20.7. The van der Waals surface area contributed by atoms with E-state index in [1.165, 1.54) is 37.7 Å². The monoisotopic (exact) mass is 776 g/mol. The molecule has 0 N–H and O–H groups in total. The Hall–Kier alpha value is -8.21. The number of nitrogens with zero attached hydrogens (tertiary/aromatic N) is 4. The molecule has 284 valence electrons. The van der Waals surface area contributed by atoms with Gasteiger partial charge in [-0.2, -0.15) is 5.10 Å². The van der Waals surface area contributed by atoms with E-state index >= 15 is 0 Å². The zero-order valence-corrected chi connectivity index (χ0v) is 33.1. The van der Waals surface area contributed by atoms with Crippen molar-refractivity contribution in [1.82, 2.24) is 19.6 Å². The molecule has 12 aromatic rings. The molecule has 0 spiro atoms. The molecule has 0 aliphatic heterocycles. The van der Waals surface area contributed by atoms with Crippen molar-refractivity contribution in [2.75, 3.05) is 0 Å². The topological polar surface area (TPSA) is 43.1 Å². The largest absolute Gasteiger partial charge is 0.231 e. The Morgan fingerprint density at radius 1 is 0.311 bits per heavy atom. The fraction of sp³-hybridized carbons (Fsp3) is 0. The number of rotatable bonds is 6. The van der Waals surface area contributed by atoms with E-state index in [2.05, 4.69) is 217 Å². The van der Waals surface area contributed by atoms with Gasteiger partial charge in [-0.05, 0) is 67.5 Å². The van der Waals surface area contributed by atoms with Gasteiger partial charge in [0.2, 0.25) is 0 Å². The summed E-state index contributed by atoms with van der Waals surface area (Å²) in [5.74, 6) is 0.678. The molecule has 3 aromatic heterocycles. The zero-order valence-electron chi connectivity index (χ0n) is 33.1. The van der Waals surface area contributed by atoms with E-state index in [-0.39, 0.29) is 0 Å². The van der Waals surface area contributed by atoms with Gasteiger partial charge in [-0.15, -0.1) is 0 Å². The molecule has 0 saturated carbocycles. The summed E-state index contributed by atoms with van der Waals surface area (Å²) in [6, 6.07) is 77.3. The van der Waals surface area contributed by atoms with Gasteiger partial charge in [-0.1, -0.05) is 194 Å². The number of pyridine rings is 1. The Morgan fingerprint density at radius 3 is 1.49 bits per heavy atom. The summed E-state index contributed by atoms with van der Waals surface area (Å²) in [7, 11) is 0. The third-order valence-electron chi connectivity index (χ3n) is 12.0. The lowest BCUT2D eigenvalue weighted by molar-refractivity contribution is 0.979. The van der Waals surface area contributed by atoms with Crippen molar-refractivity contribution in [3.8, 4) is 67.5 Å². The van der Waals surface area contributed by atoms with Crippen LogP contribution >= 0.6 is 0 Å². The first-order valence-corrected chi connectivity index (χ1v) is 20.7. The van der Waals surface area contributed by atoms with Crippen molar-refractivity contribution in [2.24, 2.45) is 0 Å². The van der Waals surface area contributed by atoms with Gasteiger partial charge in [0.1, 0.15) is 5.69 Å². The lowest BCUT2D eigenvalue weighted by Crippen LogP contribution is -1.97. The van der Waals surface area contributed by atoms with E-state index in [1.54, 1.807) is 0 Å². The maximum Gasteiger partial charge on any atom is 0.160 e. The SMILES string of the molecule is c1ccc(-c2cc(-c3cccc(-c4nn5c(-c6ccccc6)cc6ccccc6c5c4-c4ccccc4)c3)nc(-c3ccc4c5ccccc5c5ccccc5c4c3)n2)cc1. The maximum absolute atomic E-state index is 5.51. The highest BCUT2D eigenvalue weighted by Gasteiger charge is 2.22. The van der Waals surface area contributed by atoms with Gasteiger partial charge in [0.25, 0.3) is 0 Å². The van der Waals surface area contributed by atoms with Crippen LogP contribution in [0.25, 0.3) is 116 Å². The van der Waals surface area contributed by atoms with Crippen LogP contribution < -0.4 is 0 Å². The van der Waals surface area contributed by atoms with E-state index in [0.717, 1.165) is 72.6 Å². The molecule has 9 aromatic carbocycles. The molecule has 0 unspecified atom stereocenters. The molecule has 0 saturated heterocycles. The van der Waals surface area contributed by atoms with Crippen LogP contribution in [-0.4, -0.2) is 19.6 Å². The van der Waals surface area contributed by atoms with E-state index in [0.29, 0.717) is 5.82 Å². The molecule has 0 aliphatic rings. The second-order valence-corrected chi connectivity index (χ2v) is 15.6. The minimum Gasteiger partial charge on any atom is -0.231 e. The van der Waals surface area contributed by atoms with Crippen LogP contribution in [0.5, 0.6) is 0 Å². The molecular weight excluding hydrogens is 741 g/mol. The van der Waals surface area contributed by atoms with Crippen molar-refractivity contribution in [3.05, 3.63) is 218 Å². The summed E-state index contributed by atoms with van der Waals surface area (Å²) in [4.78, 5) is 10.6. The molecule has 61 heavy (non-hydrogen) atoms. The van der Waals surface area contributed by atoms with Gasteiger partial charge in [0, 0.05) is 38.8 Å². The fourth-order valence-electron chi connectivity index (χ4n) is 9.14. The van der Waals surface area contributed by atoms with Crippen LogP contribution in [-0.2, 0) is 0 Å². The molecule has 0 aliphatic carbocycles. The van der Waals surface area contributed by atoms with Gasteiger partial charge in [-0.3, -0.25) is 0 Å². The fourth-order valence-corrected chi connectivity index (χ4v) is 9.14. The predicted octanol–water partition coefficient (Wildman–Crippen LogP) is 14.7. The number of hydrogen-bond acceptors (Lipinski definition) is 3. The van der Waals surface area contributed by atoms with Crippen LogP contribution in [0, 0.1) is 0 Å². The Kier molecular flexibility index (Phi) is 8.13. The normalized spacial score (nSPS) is 11.6. The van der Waals surface area contributed by atoms with E-state index in [4.69, 9.17) is 15.1 Å². The molecule has 0 atom stereocenters. The molecule has 0 amide bonds. The average Bonchev–Trinajstić information content (AvgIpc) is 3.76. The minimum absolute atomic E-state index is 0.678. The molecule has 0 radical (unpaired) electrons. The number of aromatic nitrogens is 4. The minimum atomic E-state index is 0.678.